The first kappa shape index (κ1) is 23.9. The molecular formula is C15H23Br3O6. The summed E-state index contributed by atoms with van der Waals surface area (Å²) in [6.45, 7) is 6.73. The van der Waals surface area contributed by atoms with E-state index < -0.39 is 37.8 Å². The van der Waals surface area contributed by atoms with Crippen molar-refractivity contribution < 1.29 is 28.6 Å². The summed E-state index contributed by atoms with van der Waals surface area (Å²) in [6, 6.07) is 0. The van der Waals surface area contributed by atoms with E-state index in [4.69, 9.17) is 14.2 Å². The van der Waals surface area contributed by atoms with E-state index in [1.807, 2.05) is 6.92 Å². The Balaban J connectivity index is 5.01. The first-order valence-corrected chi connectivity index (χ1v) is 10.2. The molecule has 0 aromatic carbocycles. The normalized spacial score (nSPS) is 17.1. The van der Waals surface area contributed by atoms with Gasteiger partial charge in [-0.1, -0.05) is 54.7 Å². The molecule has 0 spiro atoms. The number of rotatable bonds is 10. The molecule has 3 atom stereocenters. The maximum atomic E-state index is 11.7. The Labute approximate surface area is 167 Å². The lowest BCUT2D eigenvalue weighted by Crippen LogP contribution is -2.40. The molecule has 0 bridgehead atoms. The van der Waals surface area contributed by atoms with E-state index in [-0.39, 0.29) is 19.8 Å². The third-order valence-corrected chi connectivity index (χ3v) is 4.41. The van der Waals surface area contributed by atoms with E-state index in [0.29, 0.717) is 6.42 Å². The Bertz CT molecular complexity index is 377. The molecule has 0 fully saturated rings. The van der Waals surface area contributed by atoms with Gasteiger partial charge in [0, 0.05) is 0 Å². The van der Waals surface area contributed by atoms with Gasteiger partial charge in [-0.15, -0.1) is 0 Å². The summed E-state index contributed by atoms with van der Waals surface area (Å²) < 4.78 is 15.8. The molecule has 0 N–H and O–H groups in total. The molecule has 0 radical (unpaired) electrons. The van der Waals surface area contributed by atoms with Gasteiger partial charge in [0.15, 0.2) is 0 Å². The van der Waals surface area contributed by atoms with Crippen molar-refractivity contribution in [2.75, 3.05) is 19.8 Å². The van der Waals surface area contributed by atoms with Crippen LogP contribution >= 0.6 is 47.8 Å². The van der Waals surface area contributed by atoms with Crippen molar-refractivity contribution in [3.63, 3.8) is 0 Å². The molecule has 0 saturated heterocycles. The molecule has 0 aliphatic heterocycles. The maximum Gasteiger partial charge on any atom is 0.319 e. The van der Waals surface area contributed by atoms with Gasteiger partial charge in [0.1, 0.15) is 34.3 Å². The molecule has 0 aromatic heterocycles. The zero-order valence-corrected chi connectivity index (χ0v) is 18.9. The molecule has 0 heterocycles. The van der Waals surface area contributed by atoms with Crippen LogP contribution in [0.3, 0.4) is 0 Å². The van der Waals surface area contributed by atoms with Crippen LogP contribution in [0.15, 0.2) is 0 Å². The summed E-state index contributed by atoms with van der Waals surface area (Å²) in [5.74, 6) is -1.31. The molecular weight excluding hydrogens is 516 g/mol. The monoisotopic (exact) mass is 536 g/mol. The predicted octanol–water partition coefficient (Wildman–Crippen LogP) is 3.36. The fourth-order valence-electron chi connectivity index (χ4n) is 1.45. The average Bonchev–Trinajstić information content (AvgIpc) is 2.53. The smallest absolute Gasteiger partial charge is 0.319 e. The van der Waals surface area contributed by atoms with Gasteiger partial charge in [0.2, 0.25) is 0 Å². The number of carbonyl (C=O) groups is 3. The number of hydrogen-bond donors (Lipinski definition) is 0. The van der Waals surface area contributed by atoms with Crippen LogP contribution in [0.2, 0.25) is 0 Å². The highest BCUT2D eigenvalue weighted by molar-refractivity contribution is 9.10. The molecule has 0 amide bonds. The van der Waals surface area contributed by atoms with E-state index in [1.165, 1.54) is 0 Å². The SMILES string of the molecule is CCC(COC(=O)C(C)Br)(COC(=O)C(C)Br)COC(=O)C(C)Br. The number of alkyl halides is 3. The third-order valence-electron chi connectivity index (χ3n) is 3.29. The van der Waals surface area contributed by atoms with Crippen molar-refractivity contribution in [2.45, 2.75) is 48.6 Å². The Hall–Kier alpha value is -0.150. The van der Waals surface area contributed by atoms with Crippen LogP contribution in [0.4, 0.5) is 0 Å². The summed E-state index contributed by atoms with van der Waals surface area (Å²) >= 11 is 9.40. The Morgan fingerprint density at radius 1 is 0.750 bits per heavy atom. The van der Waals surface area contributed by atoms with Crippen LogP contribution in [-0.4, -0.2) is 52.2 Å². The zero-order valence-electron chi connectivity index (χ0n) is 14.1. The van der Waals surface area contributed by atoms with Crippen molar-refractivity contribution in [2.24, 2.45) is 5.41 Å². The second kappa shape index (κ2) is 11.5. The van der Waals surface area contributed by atoms with E-state index in [9.17, 15) is 14.4 Å². The highest BCUT2D eigenvalue weighted by Crippen LogP contribution is 2.26. The highest BCUT2D eigenvalue weighted by Gasteiger charge is 2.35. The quantitative estimate of drug-likeness (QED) is 0.241. The number of hydrogen-bond acceptors (Lipinski definition) is 6. The van der Waals surface area contributed by atoms with Gasteiger partial charge in [-0.05, 0) is 27.2 Å². The number of carbonyl (C=O) groups excluding carboxylic acids is 3. The molecule has 24 heavy (non-hydrogen) atoms. The van der Waals surface area contributed by atoms with Gasteiger partial charge in [-0.3, -0.25) is 14.4 Å². The summed E-state index contributed by atoms with van der Waals surface area (Å²) in [5, 5.41) is 0. The maximum absolute atomic E-state index is 11.7. The minimum Gasteiger partial charge on any atom is -0.464 e. The molecule has 0 rings (SSSR count). The molecule has 3 unspecified atom stereocenters. The van der Waals surface area contributed by atoms with E-state index in [0.717, 1.165) is 0 Å². The van der Waals surface area contributed by atoms with Gasteiger partial charge < -0.3 is 14.2 Å². The van der Waals surface area contributed by atoms with Crippen molar-refractivity contribution in [1.82, 2.24) is 0 Å². The molecule has 0 saturated carbocycles. The lowest BCUT2D eigenvalue weighted by atomic mass is 9.88. The van der Waals surface area contributed by atoms with Crippen LogP contribution in [0.25, 0.3) is 0 Å². The predicted molar refractivity (Wildman–Crippen MR) is 101 cm³/mol. The second-order valence-corrected chi connectivity index (χ2v) is 9.65. The van der Waals surface area contributed by atoms with Crippen LogP contribution in [0.5, 0.6) is 0 Å². The van der Waals surface area contributed by atoms with Gasteiger partial charge in [-0.2, -0.15) is 0 Å². The van der Waals surface area contributed by atoms with Crippen molar-refractivity contribution >= 4 is 65.7 Å². The Morgan fingerprint density at radius 3 is 1.17 bits per heavy atom. The van der Waals surface area contributed by atoms with Crippen LogP contribution in [-0.2, 0) is 28.6 Å². The average molecular weight is 539 g/mol. The van der Waals surface area contributed by atoms with E-state index >= 15 is 0 Å². The van der Waals surface area contributed by atoms with Crippen molar-refractivity contribution in [3.8, 4) is 0 Å². The van der Waals surface area contributed by atoms with Gasteiger partial charge in [-0.25, -0.2) is 0 Å². The van der Waals surface area contributed by atoms with Crippen molar-refractivity contribution in [1.29, 1.82) is 0 Å². The summed E-state index contributed by atoms with van der Waals surface area (Å²) in [5.41, 5.74) is -0.799. The molecule has 0 aliphatic carbocycles. The Morgan fingerprint density at radius 2 is 1.00 bits per heavy atom. The Kier molecular flexibility index (Phi) is 11.4. The lowest BCUT2D eigenvalue weighted by molar-refractivity contribution is -0.161. The standard InChI is InChI=1S/C15H23Br3O6/c1-5-15(6-22-12(19)9(2)16,7-23-13(20)10(3)17)8-24-14(21)11(4)18/h9-11H,5-8H2,1-4H3. The summed E-state index contributed by atoms with van der Waals surface area (Å²) in [7, 11) is 0. The lowest BCUT2D eigenvalue weighted by Gasteiger charge is -2.31. The van der Waals surface area contributed by atoms with Crippen LogP contribution in [0.1, 0.15) is 34.1 Å². The number of esters is 3. The molecule has 0 aromatic rings. The molecule has 140 valence electrons. The van der Waals surface area contributed by atoms with Gasteiger partial charge in [0.05, 0.1) is 5.41 Å². The minimum absolute atomic E-state index is 0.0217. The van der Waals surface area contributed by atoms with Crippen molar-refractivity contribution in [3.05, 3.63) is 0 Å². The number of ether oxygens (including phenoxy) is 3. The first-order valence-electron chi connectivity index (χ1n) is 7.46. The van der Waals surface area contributed by atoms with E-state index in [2.05, 4.69) is 47.8 Å². The van der Waals surface area contributed by atoms with Crippen LogP contribution in [0, 0.1) is 5.41 Å². The number of halogens is 3. The fraction of sp³-hybridized carbons (Fsp3) is 0.800. The molecule has 9 heteroatoms. The van der Waals surface area contributed by atoms with Gasteiger partial charge in [0.25, 0.3) is 0 Å². The van der Waals surface area contributed by atoms with E-state index in [1.54, 1.807) is 20.8 Å². The van der Waals surface area contributed by atoms with Gasteiger partial charge >= 0.3 is 17.9 Å². The van der Waals surface area contributed by atoms with Crippen LogP contribution < -0.4 is 0 Å². The third kappa shape index (κ3) is 8.80. The fourth-order valence-corrected chi connectivity index (χ4v) is 1.84. The largest absolute Gasteiger partial charge is 0.464 e. The summed E-state index contributed by atoms with van der Waals surface area (Å²) in [6.07, 6.45) is 0.491. The topological polar surface area (TPSA) is 78.9 Å². The first-order chi connectivity index (χ1) is 11.0. The minimum atomic E-state index is -0.799. The molecule has 0 aliphatic rings. The summed E-state index contributed by atoms with van der Waals surface area (Å²) in [4.78, 5) is 33.7. The highest BCUT2D eigenvalue weighted by atomic mass is 79.9. The second-order valence-electron chi connectivity index (χ2n) is 5.52. The zero-order chi connectivity index (χ0) is 18.9. The molecule has 6 nitrogen and oxygen atoms in total.